The van der Waals surface area contributed by atoms with E-state index < -0.39 is 0 Å². The van der Waals surface area contributed by atoms with E-state index in [2.05, 4.69) is 36.1 Å². The lowest BCUT2D eigenvalue weighted by Gasteiger charge is -2.23. The zero-order valence-electron chi connectivity index (χ0n) is 13.0. The number of benzene rings is 1. The second-order valence-electron chi connectivity index (χ2n) is 5.81. The van der Waals surface area contributed by atoms with E-state index in [-0.39, 0.29) is 5.91 Å². The number of carbonyl (C=O) groups excluding carboxylic acids is 1. The highest BCUT2D eigenvalue weighted by Gasteiger charge is 2.21. The van der Waals surface area contributed by atoms with Crippen LogP contribution in [-0.4, -0.2) is 30.6 Å². The SMILES string of the molecule is O=C(Nc1cccc(C2CCc3nncn3C2)c1)c1cnccn1. The molecule has 7 heteroatoms. The Balaban J connectivity index is 1.51. The maximum atomic E-state index is 12.2. The normalized spacial score (nSPS) is 16.4. The summed E-state index contributed by atoms with van der Waals surface area (Å²) >= 11 is 0. The van der Waals surface area contributed by atoms with Crippen molar-refractivity contribution in [2.24, 2.45) is 0 Å². The van der Waals surface area contributed by atoms with Gasteiger partial charge in [0, 0.05) is 37.0 Å². The number of aryl methyl sites for hydroxylation is 1. The van der Waals surface area contributed by atoms with Crippen LogP contribution >= 0.6 is 0 Å². The van der Waals surface area contributed by atoms with Gasteiger partial charge in [-0.2, -0.15) is 0 Å². The monoisotopic (exact) mass is 320 g/mol. The van der Waals surface area contributed by atoms with Gasteiger partial charge in [-0.05, 0) is 24.1 Å². The van der Waals surface area contributed by atoms with Crippen LogP contribution in [0.15, 0.2) is 49.2 Å². The molecule has 1 aliphatic heterocycles. The molecular formula is C17H16N6O. The van der Waals surface area contributed by atoms with E-state index >= 15 is 0 Å². The number of carbonyl (C=O) groups is 1. The molecule has 1 unspecified atom stereocenters. The number of hydrogen-bond donors (Lipinski definition) is 1. The Hall–Kier alpha value is -3.09. The minimum Gasteiger partial charge on any atom is -0.321 e. The van der Waals surface area contributed by atoms with Crippen molar-refractivity contribution in [3.63, 3.8) is 0 Å². The standard InChI is InChI=1S/C17H16N6O/c24-17(15-9-18-6-7-19-15)21-14-3-1-2-12(8-14)13-4-5-16-22-20-11-23(16)10-13/h1-3,6-9,11,13H,4-5,10H2,(H,21,24). The van der Waals surface area contributed by atoms with Gasteiger partial charge in [-0.15, -0.1) is 10.2 Å². The van der Waals surface area contributed by atoms with Crippen LogP contribution in [0.25, 0.3) is 0 Å². The van der Waals surface area contributed by atoms with Gasteiger partial charge in [-0.1, -0.05) is 12.1 Å². The van der Waals surface area contributed by atoms with Crippen LogP contribution in [0.3, 0.4) is 0 Å². The number of aromatic nitrogens is 5. The number of nitrogens with zero attached hydrogens (tertiary/aromatic N) is 5. The third kappa shape index (κ3) is 2.88. The Kier molecular flexibility index (Phi) is 3.74. The molecule has 0 aliphatic carbocycles. The summed E-state index contributed by atoms with van der Waals surface area (Å²) < 4.78 is 2.10. The molecule has 0 bridgehead atoms. The molecule has 24 heavy (non-hydrogen) atoms. The van der Waals surface area contributed by atoms with Crippen molar-refractivity contribution >= 4 is 11.6 Å². The molecule has 4 rings (SSSR count). The summed E-state index contributed by atoms with van der Waals surface area (Å²) in [6, 6.07) is 7.96. The Morgan fingerprint density at radius 3 is 3.12 bits per heavy atom. The highest BCUT2D eigenvalue weighted by molar-refractivity contribution is 6.02. The molecule has 3 heterocycles. The summed E-state index contributed by atoms with van der Waals surface area (Å²) in [5, 5.41) is 11.0. The van der Waals surface area contributed by atoms with Crippen molar-refractivity contribution in [2.45, 2.75) is 25.3 Å². The van der Waals surface area contributed by atoms with Crippen LogP contribution in [0, 0.1) is 0 Å². The zero-order valence-corrected chi connectivity index (χ0v) is 13.0. The Morgan fingerprint density at radius 2 is 2.25 bits per heavy atom. The van der Waals surface area contributed by atoms with Gasteiger partial charge in [0.2, 0.25) is 0 Å². The maximum absolute atomic E-state index is 12.2. The number of anilines is 1. The van der Waals surface area contributed by atoms with Crippen molar-refractivity contribution in [2.75, 3.05) is 5.32 Å². The van der Waals surface area contributed by atoms with Crippen LogP contribution in [0.1, 0.15) is 34.2 Å². The predicted molar refractivity (Wildman–Crippen MR) is 87.5 cm³/mol. The fourth-order valence-electron chi connectivity index (χ4n) is 3.01. The van der Waals surface area contributed by atoms with Crippen LogP contribution in [-0.2, 0) is 13.0 Å². The molecule has 0 saturated carbocycles. The summed E-state index contributed by atoms with van der Waals surface area (Å²) in [7, 11) is 0. The number of fused-ring (bicyclic) bond motifs is 1. The largest absolute Gasteiger partial charge is 0.321 e. The summed E-state index contributed by atoms with van der Waals surface area (Å²) in [6.07, 6.45) is 8.22. The summed E-state index contributed by atoms with van der Waals surface area (Å²) in [4.78, 5) is 20.1. The first-order valence-electron chi connectivity index (χ1n) is 7.83. The van der Waals surface area contributed by atoms with E-state index in [0.29, 0.717) is 11.6 Å². The Labute approximate surface area is 138 Å². The van der Waals surface area contributed by atoms with Gasteiger partial charge in [-0.3, -0.25) is 9.78 Å². The number of rotatable bonds is 3. The second kappa shape index (κ2) is 6.19. The highest BCUT2D eigenvalue weighted by Crippen LogP contribution is 2.29. The molecule has 0 saturated heterocycles. The molecule has 1 aliphatic rings. The van der Waals surface area contributed by atoms with Gasteiger partial charge in [0.05, 0.1) is 6.20 Å². The van der Waals surface area contributed by atoms with Gasteiger partial charge in [0.15, 0.2) is 0 Å². The zero-order chi connectivity index (χ0) is 16.4. The number of hydrogen-bond acceptors (Lipinski definition) is 5. The van der Waals surface area contributed by atoms with Gasteiger partial charge >= 0.3 is 0 Å². The summed E-state index contributed by atoms with van der Waals surface area (Å²) in [5.74, 6) is 1.17. The first-order chi connectivity index (χ1) is 11.8. The molecule has 0 spiro atoms. The summed E-state index contributed by atoms with van der Waals surface area (Å²) in [5.41, 5.74) is 2.26. The van der Waals surface area contributed by atoms with Gasteiger partial charge < -0.3 is 9.88 Å². The van der Waals surface area contributed by atoms with Crippen LogP contribution in [0.4, 0.5) is 5.69 Å². The van der Waals surface area contributed by atoms with Gasteiger partial charge in [-0.25, -0.2) is 4.98 Å². The molecule has 120 valence electrons. The van der Waals surface area contributed by atoms with Crippen molar-refractivity contribution in [1.29, 1.82) is 0 Å². The molecule has 1 amide bonds. The first-order valence-corrected chi connectivity index (χ1v) is 7.83. The number of nitrogens with one attached hydrogen (secondary N) is 1. The molecular weight excluding hydrogens is 304 g/mol. The third-order valence-corrected chi connectivity index (χ3v) is 4.24. The van der Waals surface area contributed by atoms with Crippen LogP contribution in [0.5, 0.6) is 0 Å². The average molecular weight is 320 g/mol. The molecule has 3 aromatic rings. The molecule has 0 radical (unpaired) electrons. The second-order valence-corrected chi connectivity index (χ2v) is 5.81. The van der Waals surface area contributed by atoms with E-state index in [4.69, 9.17) is 0 Å². The van der Waals surface area contributed by atoms with Crippen molar-refractivity contribution in [1.82, 2.24) is 24.7 Å². The minimum atomic E-state index is -0.259. The van der Waals surface area contributed by atoms with E-state index in [9.17, 15) is 4.79 Å². The Morgan fingerprint density at radius 1 is 1.29 bits per heavy atom. The van der Waals surface area contributed by atoms with Gasteiger partial charge in [0.25, 0.3) is 5.91 Å². The molecule has 0 fully saturated rings. The lowest BCUT2D eigenvalue weighted by Crippen LogP contribution is -2.19. The van der Waals surface area contributed by atoms with Gasteiger partial charge in [0.1, 0.15) is 17.8 Å². The van der Waals surface area contributed by atoms with E-state index in [1.165, 1.54) is 18.0 Å². The van der Waals surface area contributed by atoms with E-state index in [0.717, 1.165) is 30.9 Å². The first kappa shape index (κ1) is 14.5. The minimum absolute atomic E-state index is 0.259. The molecule has 1 N–H and O–H groups in total. The van der Waals surface area contributed by atoms with Crippen LogP contribution < -0.4 is 5.32 Å². The fourth-order valence-corrected chi connectivity index (χ4v) is 3.01. The van der Waals surface area contributed by atoms with Crippen molar-refractivity contribution in [3.8, 4) is 0 Å². The maximum Gasteiger partial charge on any atom is 0.275 e. The molecule has 1 aromatic carbocycles. The third-order valence-electron chi connectivity index (χ3n) is 4.24. The quantitative estimate of drug-likeness (QED) is 0.798. The predicted octanol–water partition coefficient (Wildman–Crippen LogP) is 2.05. The molecule has 7 nitrogen and oxygen atoms in total. The smallest absolute Gasteiger partial charge is 0.275 e. The lowest BCUT2D eigenvalue weighted by atomic mass is 9.91. The molecule has 1 atom stereocenters. The highest BCUT2D eigenvalue weighted by atomic mass is 16.1. The van der Waals surface area contributed by atoms with E-state index in [1.807, 2.05) is 18.2 Å². The Bertz CT molecular complexity index is 860. The lowest BCUT2D eigenvalue weighted by molar-refractivity contribution is 0.102. The average Bonchev–Trinajstić information content (AvgIpc) is 3.10. The molecule has 2 aromatic heterocycles. The summed E-state index contributed by atoms with van der Waals surface area (Å²) in [6.45, 7) is 0.865. The van der Waals surface area contributed by atoms with E-state index in [1.54, 1.807) is 12.5 Å². The topological polar surface area (TPSA) is 85.6 Å². The number of amides is 1. The van der Waals surface area contributed by atoms with Crippen molar-refractivity contribution < 1.29 is 4.79 Å². The van der Waals surface area contributed by atoms with Crippen LogP contribution in [0.2, 0.25) is 0 Å². The fraction of sp³-hybridized carbons (Fsp3) is 0.235. The van der Waals surface area contributed by atoms with Crippen molar-refractivity contribution in [3.05, 3.63) is 66.3 Å².